The molecular weight excluding hydrogens is 258 g/mol. The molecule has 20 heavy (non-hydrogen) atoms. The zero-order chi connectivity index (χ0) is 14.7. The number of rotatable bonds is 6. The van der Waals surface area contributed by atoms with Gasteiger partial charge in [-0.3, -0.25) is 9.69 Å². The van der Waals surface area contributed by atoms with E-state index < -0.39 is 11.9 Å². The van der Waals surface area contributed by atoms with E-state index in [0.717, 1.165) is 18.7 Å². The Morgan fingerprint density at radius 1 is 1.50 bits per heavy atom. The van der Waals surface area contributed by atoms with E-state index >= 15 is 0 Å². The second-order valence-electron chi connectivity index (χ2n) is 5.35. The third-order valence-electron chi connectivity index (χ3n) is 3.54. The molecular formula is C15H21NO4. The molecule has 0 aliphatic carbocycles. The third-order valence-corrected chi connectivity index (χ3v) is 3.54. The van der Waals surface area contributed by atoms with Crippen LogP contribution in [-0.4, -0.2) is 49.3 Å². The summed E-state index contributed by atoms with van der Waals surface area (Å²) in [5.41, 5.74) is 0.883. The van der Waals surface area contributed by atoms with Gasteiger partial charge in [0.05, 0.1) is 13.0 Å². The van der Waals surface area contributed by atoms with E-state index in [0.29, 0.717) is 17.9 Å². The number of aliphatic carboxylic acids is 1. The van der Waals surface area contributed by atoms with Gasteiger partial charge in [-0.1, -0.05) is 19.1 Å². The molecule has 1 heterocycles. The summed E-state index contributed by atoms with van der Waals surface area (Å²) < 4.78 is 11.3. The average Bonchev–Trinajstić information content (AvgIpc) is 2.38. The maximum Gasteiger partial charge on any atom is 0.306 e. The predicted molar refractivity (Wildman–Crippen MR) is 75.4 cm³/mol. The van der Waals surface area contributed by atoms with Crippen LogP contribution < -0.4 is 9.47 Å². The Bertz CT molecular complexity index is 483. The van der Waals surface area contributed by atoms with Gasteiger partial charge in [0.15, 0.2) is 11.5 Å². The fourth-order valence-electron chi connectivity index (χ4n) is 2.32. The van der Waals surface area contributed by atoms with E-state index in [1.807, 2.05) is 25.2 Å². The summed E-state index contributed by atoms with van der Waals surface area (Å²) in [7, 11) is 3.63. The normalized spacial score (nSPS) is 17.4. The van der Waals surface area contributed by atoms with Crippen molar-refractivity contribution < 1.29 is 19.4 Å². The highest BCUT2D eigenvalue weighted by atomic mass is 16.5. The van der Waals surface area contributed by atoms with Gasteiger partial charge in [0, 0.05) is 13.1 Å². The molecule has 1 fully saturated rings. The minimum absolute atomic E-state index is 0.148. The van der Waals surface area contributed by atoms with Gasteiger partial charge in [0.1, 0.15) is 6.10 Å². The van der Waals surface area contributed by atoms with Crippen molar-refractivity contribution in [2.24, 2.45) is 5.92 Å². The van der Waals surface area contributed by atoms with Crippen LogP contribution in [0.15, 0.2) is 18.2 Å². The lowest BCUT2D eigenvalue weighted by atomic mass is 10.00. The summed E-state index contributed by atoms with van der Waals surface area (Å²) in [4.78, 5) is 13.2. The number of hydrogen-bond acceptors (Lipinski definition) is 4. The summed E-state index contributed by atoms with van der Waals surface area (Å²) in [5.74, 6) is 0.0894. The minimum atomic E-state index is -0.804. The molecule has 1 N–H and O–H groups in total. The molecule has 5 heteroatoms. The zero-order valence-corrected chi connectivity index (χ0v) is 12.1. The Morgan fingerprint density at radius 3 is 2.75 bits per heavy atom. The molecule has 110 valence electrons. The number of likely N-dealkylation sites (tertiary alicyclic amines) is 1. The average molecular weight is 279 g/mol. The largest absolute Gasteiger partial charge is 0.493 e. The second kappa shape index (κ2) is 6.13. The van der Waals surface area contributed by atoms with Gasteiger partial charge in [0.2, 0.25) is 0 Å². The van der Waals surface area contributed by atoms with Crippen LogP contribution in [0.2, 0.25) is 0 Å². The molecule has 0 aromatic heterocycles. The standard InChI is InChI=1S/C15H21NO4/c1-10(15(17)18)7-11-5-4-6-13(19-3)14(11)20-12-8-16(2)9-12/h4-6,10,12H,7-9H2,1-3H3,(H,17,18). The smallest absolute Gasteiger partial charge is 0.306 e. The van der Waals surface area contributed by atoms with Crippen LogP contribution in [0.1, 0.15) is 12.5 Å². The molecule has 0 radical (unpaired) electrons. The third kappa shape index (κ3) is 3.22. The Balaban J connectivity index is 2.19. The molecule has 1 aliphatic heterocycles. The van der Waals surface area contributed by atoms with Crippen molar-refractivity contribution in [3.8, 4) is 11.5 Å². The fourth-order valence-corrected chi connectivity index (χ4v) is 2.32. The highest BCUT2D eigenvalue weighted by molar-refractivity contribution is 5.70. The summed E-state index contributed by atoms with van der Waals surface area (Å²) >= 11 is 0. The van der Waals surface area contributed by atoms with E-state index in [-0.39, 0.29) is 6.10 Å². The van der Waals surface area contributed by atoms with Crippen LogP contribution >= 0.6 is 0 Å². The number of para-hydroxylation sites is 1. The lowest BCUT2D eigenvalue weighted by Gasteiger charge is -2.36. The van der Waals surface area contributed by atoms with Gasteiger partial charge in [-0.15, -0.1) is 0 Å². The van der Waals surface area contributed by atoms with Crippen molar-refractivity contribution in [2.75, 3.05) is 27.2 Å². The van der Waals surface area contributed by atoms with Gasteiger partial charge in [-0.05, 0) is 25.1 Å². The number of benzene rings is 1. The monoisotopic (exact) mass is 279 g/mol. The first-order valence-electron chi connectivity index (χ1n) is 6.75. The van der Waals surface area contributed by atoms with Crippen molar-refractivity contribution in [3.63, 3.8) is 0 Å². The van der Waals surface area contributed by atoms with Gasteiger partial charge in [-0.25, -0.2) is 0 Å². The highest BCUT2D eigenvalue weighted by Gasteiger charge is 2.27. The first kappa shape index (κ1) is 14.7. The molecule has 1 unspecified atom stereocenters. The molecule has 1 aromatic carbocycles. The summed E-state index contributed by atoms with van der Waals surface area (Å²) in [6.07, 6.45) is 0.583. The highest BCUT2D eigenvalue weighted by Crippen LogP contribution is 2.34. The molecule has 5 nitrogen and oxygen atoms in total. The maximum absolute atomic E-state index is 11.0. The van der Waals surface area contributed by atoms with Crippen molar-refractivity contribution in [2.45, 2.75) is 19.4 Å². The van der Waals surface area contributed by atoms with Crippen LogP contribution in [0.5, 0.6) is 11.5 Å². The van der Waals surface area contributed by atoms with Crippen LogP contribution in [0.3, 0.4) is 0 Å². The maximum atomic E-state index is 11.0. The lowest BCUT2D eigenvalue weighted by molar-refractivity contribution is -0.141. The molecule has 0 bridgehead atoms. The Labute approximate surface area is 119 Å². The Hall–Kier alpha value is -1.75. The molecule has 1 atom stereocenters. The summed E-state index contributed by atoms with van der Waals surface area (Å²) in [6.45, 7) is 3.46. The molecule has 0 amide bonds. The van der Waals surface area contributed by atoms with Gasteiger partial charge >= 0.3 is 5.97 Å². The molecule has 1 saturated heterocycles. The predicted octanol–water partition coefficient (Wildman–Crippen LogP) is 1.65. The number of methoxy groups -OCH3 is 1. The van der Waals surface area contributed by atoms with E-state index in [2.05, 4.69) is 4.90 Å². The molecule has 1 aliphatic rings. The lowest BCUT2D eigenvalue weighted by Crippen LogP contribution is -2.51. The van der Waals surface area contributed by atoms with Crippen molar-refractivity contribution in [3.05, 3.63) is 23.8 Å². The number of likely N-dealkylation sites (N-methyl/N-ethyl adjacent to an activating group) is 1. The minimum Gasteiger partial charge on any atom is -0.493 e. The van der Waals surface area contributed by atoms with Gasteiger partial charge < -0.3 is 14.6 Å². The number of carboxylic acid groups (broad SMARTS) is 1. The molecule has 0 saturated carbocycles. The summed E-state index contributed by atoms with van der Waals surface area (Å²) in [6, 6.07) is 5.61. The Kier molecular flexibility index (Phi) is 4.49. The number of ether oxygens (including phenoxy) is 2. The van der Waals surface area contributed by atoms with Gasteiger partial charge in [-0.2, -0.15) is 0 Å². The van der Waals surface area contributed by atoms with E-state index in [1.54, 1.807) is 14.0 Å². The number of carboxylic acids is 1. The van der Waals surface area contributed by atoms with Crippen molar-refractivity contribution in [1.82, 2.24) is 4.90 Å². The van der Waals surface area contributed by atoms with Crippen LogP contribution in [0.4, 0.5) is 0 Å². The Morgan fingerprint density at radius 2 is 2.20 bits per heavy atom. The van der Waals surface area contributed by atoms with E-state index in [9.17, 15) is 4.79 Å². The number of nitrogens with zero attached hydrogens (tertiary/aromatic N) is 1. The first-order chi connectivity index (χ1) is 9.51. The zero-order valence-electron chi connectivity index (χ0n) is 12.1. The first-order valence-corrected chi connectivity index (χ1v) is 6.75. The molecule has 1 aromatic rings. The molecule has 2 rings (SSSR count). The van der Waals surface area contributed by atoms with E-state index in [4.69, 9.17) is 14.6 Å². The van der Waals surface area contributed by atoms with Crippen LogP contribution in [0, 0.1) is 5.92 Å². The number of hydrogen-bond donors (Lipinski definition) is 1. The second-order valence-corrected chi connectivity index (χ2v) is 5.35. The quantitative estimate of drug-likeness (QED) is 0.858. The van der Waals surface area contributed by atoms with Crippen LogP contribution in [0.25, 0.3) is 0 Å². The van der Waals surface area contributed by atoms with Gasteiger partial charge in [0.25, 0.3) is 0 Å². The SMILES string of the molecule is COc1cccc(CC(C)C(=O)O)c1OC1CN(C)C1. The van der Waals surface area contributed by atoms with Crippen LogP contribution in [-0.2, 0) is 11.2 Å². The van der Waals surface area contributed by atoms with Crippen molar-refractivity contribution in [1.29, 1.82) is 0 Å². The molecule has 0 spiro atoms. The topological polar surface area (TPSA) is 59.0 Å². The van der Waals surface area contributed by atoms with E-state index in [1.165, 1.54) is 0 Å². The fraction of sp³-hybridized carbons (Fsp3) is 0.533. The van der Waals surface area contributed by atoms with Crippen molar-refractivity contribution >= 4 is 5.97 Å². The number of carbonyl (C=O) groups is 1. The summed E-state index contributed by atoms with van der Waals surface area (Å²) in [5, 5.41) is 9.06.